The fraction of sp³-hybridized carbons (Fsp3) is 0.250. The summed E-state index contributed by atoms with van der Waals surface area (Å²) in [7, 11) is 0. The van der Waals surface area contributed by atoms with Crippen molar-refractivity contribution in [2.75, 3.05) is 12.4 Å². The minimum Gasteiger partial charge on any atom is -0.462 e. The van der Waals surface area contributed by atoms with Gasteiger partial charge in [-0.2, -0.15) is 0 Å². The number of amides is 1. The number of thioether (sulfide) groups is 1. The van der Waals surface area contributed by atoms with Crippen LogP contribution >= 0.6 is 11.8 Å². The van der Waals surface area contributed by atoms with E-state index < -0.39 is 0 Å². The molecule has 1 fully saturated rings. The first-order valence-corrected chi connectivity index (χ1v) is 6.46. The highest BCUT2D eigenvalue weighted by atomic mass is 32.2. The second-order valence-electron chi connectivity index (χ2n) is 3.53. The molecule has 1 aromatic rings. The largest absolute Gasteiger partial charge is 0.462 e. The molecule has 5 nitrogen and oxygen atoms in total. The van der Waals surface area contributed by atoms with Crippen LogP contribution in [0.1, 0.15) is 17.3 Å². The molecular weight excluding hydrogens is 252 g/mol. The van der Waals surface area contributed by atoms with E-state index in [9.17, 15) is 9.59 Å². The summed E-state index contributed by atoms with van der Waals surface area (Å²) < 4.78 is 4.88. The number of hydrogen-bond donors (Lipinski definition) is 1. The zero-order valence-corrected chi connectivity index (χ0v) is 10.6. The predicted octanol–water partition coefficient (Wildman–Crippen LogP) is 2.35. The molecule has 0 saturated carbocycles. The van der Waals surface area contributed by atoms with Crippen LogP contribution in [0.4, 0.5) is 10.5 Å². The molecule has 0 aliphatic carbocycles. The summed E-state index contributed by atoms with van der Waals surface area (Å²) in [5, 5.41) is 2.56. The van der Waals surface area contributed by atoms with Crippen LogP contribution in [0, 0.1) is 0 Å². The van der Waals surface area contributed by atoms with E-state index in [1.807, 2.05) is 0 Å². The molecule has 1 aromatic carbocycles. The number of amidine groups is 1. The lowest BCUT2D eigenvalue weighted by Crippen LogP contribution is -2.18. The van der Waals surface area contributed by atoms with Crippen LogP contribution < -0.4 is 5.32 Å². The molecule has 0 aromatic heterocycles. The van der Waals surface area contributed by atoms with E-state index in [1.165, 1.54) is 11.8 Å². The predicted molar refractivity (Wildman–Crippen MR) is 70.5 cm³/mol. The first kappa shape index (κ1) is 12.6. The van der Waals surface area contributed by atoms with Gasteiger partial charge in [-0.25, -0.2) is 9.79 Å². The van der Waals surface area contributed by atoms with Crippen LogP contribution in [0.25, 0.3) is 0 Å². The summed E-state index contributed by atoms with van der Waals surface area (Å²) in [4.78, 5) is 26.7. The van der Waals surface area contributed by atoms with Crippen molar-refractivity contribution in [1.82, 2.24) is 5.32 Å². The maximum absolute atomic E-state index is 11.4. The molecular formula is C12H12N2O3S. The minimum atomic E-state index is -0.346. The third kappa shape index (κ3) is 3.10. The lowest BCUT2D eigenvalue weighted by atomic mass is 10.2. The van der Waals surface area contributed by atoms with E-state index in [0.717, 1.165) is 0 Å². The number of nitrogens with zero attached hydrogens (tertiary/aromatic N) is 1. The standard InChI is InChI=1S/C12H12N2O3S/c1-2-17-11(15)8-3-5-9(6-4-8)13-10-7-18-12(16)14-10/h3-6H,2,7H2,1H3,(H,13,14,16). The van der Waals surface area contributed by atoms with E-state index in [1.54, 1.807) is 31.2 Å². The van der Waals surface area contributed by atoms with Crippen molar-refractivity contribution in [3.63, 3.8) is 0 Å². The average molecular weight is 264 g/mol. The zero-order chi connectivity index (χ0) is 13.0. The lowest BCUT2D eigenvalue weighted by Gasteiger charge is -2.02. The molecule has 2 rings (SSSR count). The minimum absolute atomic E-state index is 0.0862. The Morgan fingerprint density at radius 3 is 2.72 bits per heavy atom. The van der Waals surface area contributed by atoms with Crippen LogP contribution in [-0.2, 0) is 4.74 Å². The topological polar surface area (TPSA) is 67.8 Å². The first-order valence-electron chi connectivity index (χ1n) is 5.47. The molecule has 6 heteroatoms. The van der Waals surface area contributed by atoms with Gasteiger partial charge in [-0.15, -0.1) is 0 Å². The number of benzene rings is 1. The van der Waals surface area contributed by atoms with E-state index in [-0.39, 0.29) is 11.2 Å². The molecule has 1 saturated heterocycles. The number of carbonyl (C=O) groups is 2. The van der Waals surface area contributed by atoms with Gasteiger partial charge in [0.1, 0.15) is 5.84 Å². The molecule has 0 bridgehead atoms. The van der Waals surface area contributed by atoms with Crippen molar-refractivity contribution in [2.24, 2.45) is 4.99 Å². The van der Waals surface area contributed by atoms with Gasteiger partial charge in [0.2, 0.25) is 0 Å². The fourth-order valence-electron chi connectivity index (χ4n) is 1.43. The Morgan fingerprint density at radius 2 is 2.17 bits per heavy atom. The fourth-order valence-corrected chi connectivity index (χ4v) is 2.02. The lowest BCUT2D eigenvalue weighted by molar-refractivity contribution is 0.0526. The first-order chi connectivity index (χ1) is 8.69. The number of rotatable bonds is 3. The van der Waals surface area contributed by atoms with Crippen molar-refractivity contribution in [3.05, 3.63) is 29.8 Å². The Balaban J connectivity index is 2.08. The molecule has 94 valence electrons. The molecule has 1 amide bonds. The van der Waals surface area contributed by atoms with Gasteiger partial charge in [0.25, 0.3) is 5.24 Å². The molecule has 1 N–H and O–H groups in total. The third-order valence-electron chi connectivity index (χ3n) is 2.23. The van der Waals surface area contributed by atoms with Gasteiger partial charge in [-0.05, 0) is 31.2 Å². The summed E-state index contributed by atoms with van der Waals surface area (Å²) in [5.74, 6) is 0.841. The van der Waals surface area contributed by atoms with Gasteiger partial charge in [0.15, 0.2) is 0 Å². The van der Waals surface area contributed by atoms with Crippen LogP contribution in [0.3, 0.4) is 0 Å². The number of esters is 1. The van der Waals surface area contributed by atoms with Crippen molar-refractivity contribution >= 4 is 34.5 Å². The van der Waals surface area contributed by atoms with Gasteiger partial charge >= 0.3 is 5.97 Å². The molecule has 1 aliphatic heterocycles. The highest BCUT2D eigenvalue weighted by molar-refractivity contribution is 8.14. The van der Waals surface area contributed by atoms with Crippen molar-refractivity contribution in [3.8, 4) is 0 Å². The summed E-state index contributed by atoms with van der Waals surface area (Å²) in [6.45, 7) is 2.12. The molecule has 0 radical (unpaired) electrons. The number of hydrogen-bond acceptors (Lipinski definition) is 5. The summed E-state index contributed by atoms with van der Waals surface area (Å²) >= 11 is 1.18. The Labute approximate surface area is 109 Å². The Kier molecular flexibility index (Phi) is 3.99. The molecule has 0 unspecified atom stereocenters. The Hall–Kier alpha value is -1.82. The Bertz CT molecular complexity index is 497. The quantitative estimate of drug-likeness (QED) is 0.851. The monoisotopic (exact) mass is 264 g/mol. The number of ether oxygens (including phenoxy) is 1. The van der Waals surface area contributed by atoms with Crippen LogP contribution in [-0.4, -0.2) is 29.4 Å². The van der Waals surface area contributed by atoms with Crippen molar-refractivity contribution < 1.29 is 14.3 Å². The van der Waals surface area contributed by atoms with Gasteiger partial charge < -0.3 is 10.1 Å². The Morgan fingerprint density at radius 1 is 1.44 bits per heavy atom. The van der Waals surface area contributed by atoms with Crippen molar-refractivity contribution in [2.45, 2.75) is 6.92 Å². The van der Waals surface area contributed by atoms with Crippen LogP contribution in [0.15, 0.2) is 29.3 Å². The average Bonchev–Trinajstić information content (AvgIpc) is 2.76. The highest BCUT2D eigenvalue weighted by Crippen LogP contribution is 2.17. The number of nitrogens with one attached hydrogen (secondary N) is 1. The highest BCUT2D eigenvalue weighted by Gasteiger charge is 2.16. The van der Waals surface area contributed by atoms with E-state index >= 15 is 0 Å². The molecule has 0 spiro atoms. The summed E-state index contributed by atoms with van der Waals surface area (Å²) in [6.07, 6.45) is 0. The van der Waals surface area contributed by atoms with Gasteiger partial charge in [0, 0.05) is 0 Å². The van der Waals surface area contributed by atoms with Crippen molar-refractivity contribution in [1.29, 1.82) is 0 Å². The molecule has 0 atom stereocenters. The number of aliphatic imine (C=N–C) groups is 1. The van der Waals surface area contributed by atoms with E-state index in [0.29, 0.717) is 29.4 Å². The normalized spacial score (nSPS) is 16.7. The second-order valence-corrected chi connectivity index (χ2v) is 4.48. The molecule has 1 aliphatic rings. The molecule has 1 heterocycles. The maximum Gasteiger partial charge on any atom is 0.338 e. The van der Waals surface area contributed by atoms with Gasteiger partial charge in [-0.1, -0.05) is 11.8 Å². The second kappa shape index (κ2) is 5.68. The van der Waals surface area contributed by atoms with Gasteiger partial charge in [0.05, 0.1) is 23.6 Å². The molecule has 18 heavy (non-hydrogen) atoms. The SMILES string of the molecule is CCOC(=O)c1ccc(N=C2CSC(=O)N2)cc1. The zero-order valence-electron chi connectivity index (χ0n) is 9.80. The van der Waals surface area contributed by atoms with Crippen LogP contribution in [0.2, 0.25) is 0 Å². The smallest absolute Gasteiger partial charge is 0.338 e. The van der Waals surface area contributed by atoms with E-state index in [4.69, 9.17) is 4.74 Å². The number of carbonyl (C=O) groups excluding carboxylic acids is 2. The summed E-state index contributed by atoms with van der Waals surface area (Å²) in [5.41, 5.74) is 1.19. The van der Waals surface area contributed by atoms with Gasteiger partial charge in [-0.3, -0.25) is 4.79 Å². The maximum atomic E-state index is 11.4. The third-order valence-corrected chi connectivity index (χ3v) is 3.01. The van der Waals surface area contributed by atoms with E-state index in [2.05, 4.69) is 10.3 Å². The van der Waals surface area contributed by atoms with Crippen LogP contribution in [0.5, 0.6) is 0 Å². The summed E-state index contributed by atoms with van der Waals surface area (Å²) in [6, 6.07) is 6.74.